The van der Waals surface area contributed by atoms with Crippen LogP contribution in [0.3, 0.4) is 0 Å². The summed E-state index contributed by atoms with van der Waals surface area (Å²) in [5, 5.41) is 7.38. The average Bonchev–Trinajstić information content (AvgIpc) is 3.21. The van der Waals surface area contributed by atoms with Crippen molar-refractivity contribution in [2.24, 2.45) is 0 Å². The van der Waals surface area contributed by atoms with Gasteiger partial charge in [-0.15, -0.1) is 23.1 Å². The Bertz CT molecular complexity index is 896. The van der Waals surface area contributed by atoms with Crippen LogP contribution in [0, 0.1) is 0 Å². The first-order valence-corrected chi connectivity index (χ1v) is 11.2. The zero-order valence-electron chi connectivity index (χ0n) is 16.5. The van der Waals surface area contributed by atoms with E-state index in [1.807, 2.05) is 29.2 Å². The molecular formula is C20H23N3O5S2. The van der Waals surface area contributed by atoms with Crippen molar-refractivity contribution in [1.29, 1.82) is 0 Å². The number of methoxy groups -OCH3 is 1. The fraction of sp³-hybridized carbons (Fsp3) is 0.350. The molecule has 0 saturated carbocycles. The summed E-state index contributed by atoms with van der Waals surface area (Å²) in [5.41, 5.74) is 1.10. The van der Waals surface area contributed by atoms with Gasteiger partial charge in [0.1, 0.15) is 4.88 Å². The fourth-order valence-electron chi connectivity index (χ4n) is 2.84. The zero-order valence-corrected chi connectivity index (χ0v) is 18.1. The summed E-state index contributed by atoms with van der Waals surface area (Å²) in [6.45, 7) is 3.05. The van der Waals surface area contributed by atoms with E-state index in [4.69, 9.17) is 9.47 Å². The van der Waals surface area contributed by atoms with Gasteiger partial charge in [0.25, 0.3) is 0 Å². The second-order valence-corrected chi connectivity index (χ2v) is 8.36. The number of ether oxygens (including phenoxy) is 2. The van der Waals surface area contributed by atoms with E-state index < -0.39 is 5.97 Å². The summed E-state index contributed by atoms with van der Waals surface area (Å²) < 4.78 is 10.0. The lowest BCUT2D eigenvalue weighted by Gasteiger charge is -2.25. The average molecular weight is 450 g/mol. The molecule has 0 atom stereocenters. The summed E-state index contributed by atoms with van der Waals surface area (Å²) in [7, 11) is 1.30. The van der Waals surface area contributed by atoms with Crippen LogP contribution in [0.15, 0.2) is 40.6 Å². The molecule has 1 saturated heterocycles. The summed E-state index contributed by atoms with van der Waals surface area (Å²) in [5.74, 6) is -0.707. The highest BCUT2D eigenvalue weighted by Gasteiger charge is 2.17. The van der Waals surface area contributed by atoms with E-state index in [1.54, 1.807) is 11.4 Å². The minimum absolute atomic E-state index is 0.101. The second kappa shape index (κ2) is 11.1. The number of carbonyl (C=O) groups excluding carboxylic acids is 3. The lowest BCUT2D eigenvalue weighted by molar-refractivity contribution is -0.118. The molecule has 0 unspecified atom stereocenters. The van der Waals surface area contributed by atoms with Crippen molar-refractivity contribution in [3.8, 4) is 0 Å². The summed E-state index contributed by atoms with van der Waals surface area (Å²) >= 11 is 2.52. The van der Waals surface area contributed by atoms with Gasteiger partial charge in [-0.05, 0) is 23.6 Å². The number of benzene rings is 1. The first-order chi connectivity index (χ1) is 14.6. The first-order valence-electron chi connectivity index (χ1n) is 9.34. The number of thiophene rings is 1. The summed E-state index contributed by atoms with van der Waals surface area (Å²) in [4.78, 5) is 39.7. The Kier molecular flexibility index (Phi) is 8.26. The van der Waals surface area contributed by atoms with Gasteiger partial charge in [0.15, 0.2) is 0 Å². The van der Waals surface area contributed by atoms with E-state index in [2.05, 4.69) is 10.6 Å². The summed E-state index contributed by atoms with van der Waals surface area (Å²) in [6, 6.07) is 9.02. The Morgan fingerprint density at radius 1 is 1.10 bits per heavy atom. The van der Waals surface area contributed by atoms with Crippen molar-refractivity contribution >= 4 is 52.3 Å². The number of nitrogens with zero attached hydrogens (tertiary/aromatic N) is 1. The third-order valence-corrected chi connectivity index (χ3v) is 6.27. The van der Waals surface area contributed by atoms with Crippen molar-refractivity contribution in [3.63, 3.8) is 0 Å². The zero-order chi connectivity index (χ0) is 21.3. The van der Waals surface area contributed by atoms with Gasteiger partial charge in [0, 0.05) is 18.0 Å². The molecule has 2 N–H and O–H groups in total. The molecule has 2 amide bonds. The molecule has 10 heteroatoms. The minimum atomic E-state index is -0.485. The number of para-hydroxylation sites is 1. The third-order valence-electron chi connectivity index (χ3n) is 4.30. The van der Waals surface area contributed by atoms with E-state index in [-0.39, 0.29) is 17.6 Å². The number of morpholine rings is 1. The van der Waals surface area contributed by atoms with E-state index in [9.17, 15) is 14.4 Å². The number of thioether (sulfide) groups is 1. The smallest absolute Gasteiger partial charge is 0.350 e. The second-order valence-electron chi connectivity index (χ2n) is 6.42. The molecule has 2 heterocycles. The van der Waals surface area contributed by atoms with Gasteiger partial charge in [-0.25, -0.2) is 4.79 Å². The fourth-order valence-corrected chi connectivity index (χ4v) is 4.41. The van der Waals surface area contributed by atoms with Gasteiger partial charge >= 0.3 is 5.97 Å². The van der Waals surface area contributed by atoms with Crippen LogP contribution >= 0.6 is 23.1 Å². The lowest BCUT2D eigenvalue weighted by Crippen LogP contribution is -2.41. The van der Waals surface area contributed by atoms with Gasteiger partial charge in [-0.3, -0.25) is 14.5 Å². The Hall–Kier alpha value is -2.40. The first kappa shape index (κ1) is 22.3. The van der Waals surface area contributed by atoms with Crippen LogP contribution in [-0.2, 0) is 19.1 Å². The van der Waals surface area contributed by atoms with Gasteiger partial charge in [0.2, 0.25) is 11.8 Å². The molecule has 30 heavy (non-hydrogen) atoms. The molecule has 3 rings (SSSR count). The van der Waals surface area contributed by atoms with Crippen LogP contribution < -0.4 is 10.6 Å². The molecule has 1 aromatic heterocycles. The maximum absolute atomic E-state index is 12.4. The standard InChI is InChI=1S/C20H23N3O5S2/c1-27-20(26)19-15(6-11-29-19)22-18(25)13-30-16-5-3-2-4-14(16)21-17(24)12-23-7-9-28-10-8-23/h2-6,11H,7-10,12-13H2,1H3,(H,21,24)(H,22,25). The van der Waals surface area contributed by atoms with Gasteiger partial charge < -0.3 is 20.1 Å². The molecule has 0 aliphatic carbocycles. The monoisotopic (exact) mass is 449 g/mol. The SMILES string of the molecule is COC(=O)c1sccc1NC(=O)CSc1ccccc1NC(=O)CN1CCOCC1. The molecular weight excluding hydrogens is 426 g/mol. The van der Waals surface area contributed by atoms with Crippen LogP contribution in [0.1, 0.15) is 9.67 Å². The van der Waals surface area contributed by atoms with Crippen LogP contribution in [0.4, 0.5) is 11.4 Å². The topological polar surface area (TPSA) is 97.0 Å². The van der Waals surface area contributed by atoms with Crippen molar-refractivity contribution in [1.82, 2.24) is 4.90 Å². The number of amides is 2. The normalized spacial score (nSPS) is 14.2. The largest absolute Gasteiger partial charge is 0.465 e. The molecule has 0 radical (unpaired) electrons. The number of nitrogens with one attached hydrogen (secondary N) is 2. The van der Waals surface area contributed by atoms with Crippen LogP contribution in [0.5, 0.6) is 0 Å². The van der Waals surface area contributed by atoms with Crippen molar-refractivity contribution in [2.45, 2.75) is 4.90 Å². The Morgan fingerprint density at radius 3 is 2.60 bits per heavy atom. The minimum Gasteiger partial charge on any atom is -0.465 e. The Morgan fingerprint density at radius 2 is 1.83 bits per heavy atom. The predicted molar refractivity (Wildman–Crippen MR) is 117 cm³/mol. The van der Waals surface area contributed by atoms with Crippen molar-refractivity contribution < 1.29 is 23.9 Å². The van der Waals surface area contributed by atoms with E-state index in [0.29, 0.717) is 36.0 Å². The Labute approximate surface area is 182 Å². The van der Waals surface area contributed by atoms with E-state index >= 15 is 0 Å². The van der Waals surface area contributed by atoms with E-state index in [1.165, 1.54) is 30.2 Å². The van der Waals surface area contributed by atoms with Gasteiger partial charge in [-0.2, -0.15) is 0 Å². The number of carbonyl (C=O) groups is 3. The molecule has 2 aromatic rings. The highest BCUT2D eigenvalue weighted by atomic mass is 32.2. The quantitative estimate of drug-likeness (QED) is 0.472. The van der Waals surface area contributed by atoms with Crippen molar-refractivity contribution in [2.75, 3.05) is 56.3 Å². The molecule has 0 bridgehead atoms. The molecule has 0 spiro atoms. The Balaban J connectivity index is 1.54. The van der Waals surface area contributed by atoms with Crippen molar-refractivity contribution in [3.05, 3.63) is 40.6 Å². The van der Waals surface area contributed by atoms with Crippen LogP contribution in [0.25, 0.3) is 0 Å². The number of hydrogen-bond acceptors (Lipinski definition) is 8. The van der Waals surface area contributed by atoms with Crippen LogP contribution in [0.2, 0.25) is 0 Å². The van der Waals surface area contributed by atoms with E-state index in [0.717, 1.165) is 18.0 Å². The third kappa shape index (κ3) is 6.30. The highest BCUT2D eigenvalue weighted by Crippen LogP contribution is 2.28. The highest BCUT2D eigenvalue weighted by molar-refractivity contribution is 8.00. The maximum Gasteiger partial charge on any atom is 0.350 e. The molecule has 1 fully saturated rings. The predicted octanol–water partition coefficient (Wildman–Crippen LogP) is 2.54. The number of esters is 1. The lowest BCUT2D eigenvalue weighted by atomic mass is 10.3. The number of hydrogen-bond donors (Lipinski definition) is 2. The maximum atomic E-state index is 12.4. The molecule has 1 aliphatic rings. The molecule has 1 aliphatic heterocycles. The molecule has 160 valence electrons. The molecule has 1 aromatic carbocycles. The number of anilines is 2. The number of rotatable bonds is 8. The van der Waals surface area contributed by atoms with Crippen LogP contribution in [-0.4, -0.2) is 68.4 Å². The van der Waals surface area contributed by atoms with Gasteiger partial charge in [-0.1, -0.05) is 12.1 Å². The van der Waals surface area contributed by atoms with Gasteiger partial charge in [0.05, 0.1) is 44.0 Å². The summed E-state index contributed by atoms with van der Waals surface area (Å²) in [6.07, 6.45) is 0. The molecule has 8 nitrogen and oxygen atoms in total.